The lowest BCUT2D eigenvalue weighted by Gasteiger charge is -2.09. The first-order valence-corrected chi connectivity index (χ1v) is 5.81. The van der Waals surface area contributed by atoms with Gasteiger partial charge in [-0.05, 0) is 31.2 Å². The van der Waals surface area contributed by atoms with Crippen LogP contribution < -0.4 is 4.74 Å². The molecular weight excluding hydrogens is 236 g/mol. The van der Waals surface area contributed by atoms with Gasteiger partial charge in [0.05, 0.1) is 11.6 Å². The molecular formula is C14H13ClO2. The predicted octanol–water partition coefficient (Wildman–Crippen LogP) is 4.11. The van der Waals surface area contributed by atoms with Gasteiger partial charge in [0.15, 0.2) is 0 Å². The van der Waals surface area contributed by atoms with E-state index in [1.807, 2.05) is 31.2 Å². The molecule has 0 aliphatic rings. The number of phenolic OH excluding ortho intramolecular Hbond substituents is 1. The predicted molar refractivity (Wildman–Crippen MR) is 69.7 cm³/mol. The van der Waals surface area contributed by atoms with Crippen LogP contribution in [-0.4, -0.2) is 11.7 Å². The molecule has 0 aromatic heterocycles. The van der Waals surface area contributed by atoms with E-state index in [-0.39, 0.29) is 5.75 Å². The maximum absolute atomic E-state index is 9.77. The molecule has 2 nitrogen and oxygen atoms in total. The lowest BCUT2D eigenvalue weighted by atomic mass is 10.0. The van der Waals surface area contributed by atoms with Crippen LogP contribution in [0.3, 0.4) is 0 Å². The summed E-state index contributed by atoms with van der Waals surface area (Å²) in [5.41, 5.74) is 1.52. The maximum atomic E-state index is 9.77. The van der Waals surface area contributed by atoms with Crippen molar-refractivity contribution in [3.63, 3.8) is 0 Å². The Balaban J connectivity index is 2.44. The zero-order chi connectivity index (χ0) is 12.3. The number of aromatic hydroxyl groups is 1. The second-order valence-corrected chi connectivity index (χ2v) is 4.00. The summed E-state index contributed by atoms with van der Waals surface area (Å²) in [7, 11) is 0. The van der Waals surface area contributed by atoms with Crippen molar-refractivity contribution in [1.82, 2.24) is 0 Å². The lowest BCUT2D eigenvalue weighted by molar-refractivity contribution is 0.340. The van der Waals surface area contributed by atoms with Crippen molar-refractivity contribution in [2.75, 3.05) is 6.61 Å². The minimum atomic E-state index is 0.221. The topological polar surface area (TPSA) is 29.5 Å². The van der Waals surface area contributed by atoms with E-state index in [0.717, 1.165) is 16.9 Å². The van der Waals surface area contributed by atoms with E-state index in [9.17, 15) is 5.11 Å². The fourth-order valence-electron chi connectivity index (χ4n) is 1.67. The first-order valence-electron chi connectivity index (χ1n) is 5.43. The molecule has 1 N–H and O–H groups in total. The first kappa shape index (κ1) is 11.8. The highest BCUT2D eigenvalue weighted by Gasteiger charge is 2.08. The fraction of sp³-hybridized carbons (Fsp3) is 0.143. The first-order chi connectivity index (χ1) is 8.22. The van der Waals surface area contributed by atoms with Crippen LogP contribution in [0.15, 0.2) is 42.5 Å². The monoisotopic (exact) mass is 248 g/mol. The Labute approximate surface area is 105 Å². The number of para-hydroxylation sites is 1. The number of halogens is 1. The zero-order valence-electron chi connectivity index (χ0n) is 9.48. The van der Waals surface area contributed by atoms with Crippen LogP contribution in [0.5, 0.6) is 11.5 Å². The Hall–Kier alpha value is -1.67. The molecule has 0 aliphatic heterocycles. The summed E-state index contributed by atoms with van der Waals surface area (Å²) in [4.78, 5) is 0. The Bertz CT molecular complexity index is 523. The van der Waals surface area contributed by atoms with E-state index in [1.54, 1.807) is 18.2 Å². The van der Waals surface area contributed by atoms with E-state index in [1.165, 1.54) is 0 Å². The number of rotatable bonds is 3. The Morgan fingerprint density at radius 1 is 1.12 bits per heavy atom. The van der Waals surface area contributed by atoms with Crippen molar-refractivity contribution >= 4 is 11.6 Å². The van der Waals surface area contributed by atoms with Crippen molar-refractivity contribution in [1.29, 1.82) is 0 Å². The molecule has 0 bridgehead atoms. The molecule has 17 heavy (non-hydrogen) atoms. The summed E-state index contributed by atoms with van der Waals surface area (Å²) in [6.07, 6.45) is 0. The van der Waals surface area contributed by atoms with E-state index >= 15 is 0 Å². The third-order valence-electron chi connectivity index (χ3n) is 2.45. The largest absolute Gasteiger partial charge is 0.507 e. The Kier molecular flexibility index (Phi) is 3.55. The molecule has 0 amide bonds. The highest BCUT2D eigenvalue weighted by Crippen LogP contribution is 2.35. The number of benzene rings is 2. The highest BCUT2D eigenvalue weighted by molar-refractivity contribution is 6.33. The molecule has 3 heteroatoms. The van der Waals surface area contributed by atoms with E-state index in [0.29, 0.717) is 11.6 Å². The van der Waals surface area contributed by atoms with E-state index < -0.39 is 0 Å². The quantitative estimate of drug-likeness (QED) is 0.886. The van der Waals surface area contributed by atoms with Crippen LogP contribution in [0.4, 0.5) is 0 Å². The SMILES string of the molecule is CCOc1ccc(-c2ccccc2O)c(Cl)c1. The Morgan fingerprint density at radius 3 is 2.53 bits per heavy atom. The van der Waals surface area contributed by atoms with Gasteiger partial charge in [-0.3, -0.25) is 0 Å². The second-order valence-electron chi connectivity index (χ2n) is 3.59. The van der Waals surface area contributed by atoms with Gasteiger partial charge in [0.25, 0.3) is 0 Å². The lowest BCUT2D eigenvalue weighted by Crippen LogP contribution is -1.91. The van der Waals surface area contributed by atoms with Crippen molar-refractivity contribution < 1.29 is 9.84 Å². The van der Waals surface area contributed by atoms with E-state index in [2.05, 4.69) is 0 Å². The molecule has 0 saturated carbocycles. The minimum Gasteiger partial charge on any atom is -0.507 e. The number of ether oxygens (including phenoxy) is 1. The van der Waals surface area contributed by atoms with Gasteiger partial charge in [0, 0.05) is 11.1 Å². The smallest absolute Gasteiger partial charge is 0.123 e. The molecule has 2 aromatic carbocycles. The van der Waals surface area contributed by atoms with Crippen molar-refractivity contribution in [3.05, 3.63) is 47.5 Å². The van der Waals surface area contributed by atoms with Crippen LogP contribution in [0.2, 0.25) is 5.02 Å². The molecule has 0 spiro atoms. The number of phenols is 1. The second kappa shape index (κ2) is 5.11. The van der Waals surface area contributed by atoms with Crippen molar-refractivity contribution in [2.45, 2.75) is 6.92 Å². The minimum absolute atomic E-state index is 0.221. The molecule has 0 aliphatic carbocycles. The maximum Gasteiger partial charge on any atom is 0.123 e. The highest BCUT2D eigenvalue weighted by atomic mass is 35.5. The van der Waals surface area contributed by atoms with Gasteiger partial charge in [-0.25, -0.2) is 0 Å². The van der Waals surface area contributed by atoms with Crippen LogP contribution in [0, 0.1) is 0 Å². The van der Waals surface area contributed by atoms with Gasteiger partial charge in [0.1, 0.15) is 11.5 Å². The average Bonchev–Trinajstić information content (AvgIpc) is 2.31. The summed E-state index contributed by atoms with van der Waals surface area (Å²) in [6.45, 7) is 2.52. The van der Waals surface area contributed by atoms with E-state index in [4.69, 9.17) is 16.3 Å². The fourth-order valence-corrected chi connectivity index (χ4v) is 1.94. The molecule has 0 radical (unpaired) electrons. The molecule has 0 unspecified atom stereocenters. The van der Waals surface area contributed by atoms with Crippen molar-refractivity contribution in [2.24, 2.45) is 0 Å². The van der Waals surface area contributed by atoms with Gasteiger partial charge < -0.3 is 9.84 Å². The van der Waals surface area contributed by atoms with Crippen LogP contribution in [0.25, 0.3) is 11.1 Å². The van der Waals surface area contributed by atoms with Gasteiger partial charge in [-0.2, -0.15) is 0 Å². The normalized spacial score (nSPS) is 10.2. The summed E-state index contributed by atoms with van der Waals surface area (Å²) in [5, 5.41) is 10.3. The van der Waals surface area contributed by atoms with Gasteiger partial charge in [-0.1, -0.05) is 29.8 Å². The third kappa shape index (κ3) is 2.53. The third-order valence-corrected chi connectivity index (χ3v) is 2.76. The van der Waals surface area contributed by atoms with Gasteiger partial charge in [0.2, 0.25) is 0 Å². The summed E-state index contributed by atoms with van der Waals surface area (Å²) in [6, 6.07) is 12.6. The molecule has 88 valence electrons. The van der Waals surface area contributed by atoms with Gasteiger partial charge >= 0.3 is 0 Å². The van der Waals surface area contributed by atoms with Crippen LogP contribution in [-0.2, 0) is 0 Å². The summed E-state index contributed by atoms with van der Waals surface area (Å²) >= 11 is 6.18. The number of hydrogen-bond donors (Lipinski definition) is 1. The van der Waals surface area contributed by atoms with Crippen LogP contribution in [0.1, 0.15) is 6.92 Å². The van der Waals surface area contributed by atoms with Crippen molar-refractivity contribution in [3.8, 4) is 22.6 Å². The average molecular weight is 249 g/mol. The molecule has 0 atom stereocenters. The molecule has 0 heterocycles. The van der Waals surface area contributed by atoms with Gasteiger partial charge in [-0.15, -0.1) is 0 Å². The summed E-state index contributed by atoms with van der Waals surface area (Å²) in [5.74, 6) is 0.954. The van der Waals surface area contributed by atoms with Crippen LogP contribution >= 0.6 is 11.6 Å². The zero-order valence-corrected chi connectivity index (χ0v) is 10.2. The molecule has 0 saturated heterocycles. The summed E-state index contributed by atoms with van der Waals surface area (Å²) < 4.78 is 5.36. The molecule has 2 aromatic rings. The number of hydrogen-bond acceptors (Lipinski definition) is 2. The molecule has 2 rings (SSSR count). The standard InChI is InChI=1S/C14H13ClO2/c1-2-17-10-7-8-11(13(15)9-10)12-5-3-4-6-14(12)16/h3-9,16H,2H2,1H3. The molecule has 0 fully saturated rings. The Morgan fingerprint density at radius 2 is 1.88 bits per heavy atom.